The molecule has 7 heteroatoms. The van der Waals surface area contributed by atoms with E-state index >= 15 is 0 Å². The average molecular weight is 224 g/mol. The second kappa shape index (κ2) is 4.54. The fourth-order valence-electron chi connectivity index (χ4n) is 1.48. The molecule has 84 valence electrons. The van der Waals surface area contributed by atoms with Gasteiger partial charge in [-0.25, -0.2) is 0 Å². The number of rotatable bonds is 0. The zero-order valence-electron chi connectivity index (χ0n) is 7.86. The predicted octanol–water partition coefficient (Wildman–Crippen LogP) is -0.693. The molecule has 1 saturated heterocycles. The highest BCUT2D eigenvalue weighted by atomic mass is 32.3. The first kappa shape index (κ1) is 11.9. The Labute approximate surface area is 83.7 Å². The molecule has 1 saturated carbocycles. The topological polar surface area (TPSA) is 98.7 Å². The van der Waals surface area contributed by atoms with Crippen molar-refractivity contribution in [2.24, 2.45) is 5.41 Å². The Morgan fingerprint density at radius 2 is 1.36 bits per heavy atom. The quantitative estimate of drug-likeness (QED) is 0.406. The molecule has 2 aliphatic rings. The molecule has 1 spiro atoms. The van der Waals surface area contributed by atoms with Crippen molar-refractivity contribution in [2.75, 3.05) is 26.2 Å². The third kappa shape index (κ3) is 5.51. The second-order valence-corrected chi connectivity index (χ2v) is 4.70. The van der Waals surface area contributed by atoms with Gasteiger partial charge in [-0.1, -0.05) is 0 Å². The van der Waals surface area contributed by atoms with Crippen molar-refractivity contribution in [1.82, 2.24) is 10.6 Å². The molecule has 4 N–H and O–H groups in total. The lowest BCUT2D eigenvalue weighted by atomic mass is 10.1. The zero-order chi connectivity index (χ0) is 10.7. The molecular formula is C7H16N2O4S. The van der Waals surface area contributed by atoms with Crippen LogP contribution in [0, 0.1) is 5.41 Å². The first-order valence-electron chi connectivity index (χ1n) is 4.53. The first-order chi connectivity index (χ1) is 6.41. The van der Waals surface area contributed by atoms with Crippen LogP contribution in [0.2, 0.25) is 0 Å². The van der Waals surface area contributed by atoms with Gasteiger partial charge in [0.1, 0.15) is 0 Å². The van der Waals surface area contributed by atoms with E-state index in [1.54, 1.807) is 0 Å². The van der Waals surface area contributed by atoms with Gasteiger partial charge in [0.25, 0.3) is 0 Å². The van der Waals surface area contributed by atoms with E-state index in [1.807, 2.05) is 0 Å². The molecule has 6 nitrogen and oxygen atoms in total. The van der Waals surface area contributed by atoms with Gasteiger partial charge in [-0.3, -0.25) is 9.11 Å². The summed E-state index contributed by atoms with van der Waals surface area (Å²) in [6.07, 6.45) is 2.88. The summed E-state index contributed by atoms with van der Waals surface area (Å²) in [5.41, 5.74) is 0.691. The largest absolute Gasteiger partial charge is 0.394 e. The van der Waals surface area contributed by atoms with Crippen LogP contribution >= 0.6 is 0 Å². The molecular weight excluding hydrogens is 208 g/mol. The third-order valence-corrected chi connectivity index (χ3v) is 2.44. The van der Waals surface area contributed by atoms with Crippen LogP contribution in [0.3, 0.4) is 0 Å². The maximum Gasteiger partial charge on any atom is 0.394 e. The SMILES string of the molecule is C1CNCC2(CC2)CN1.O=S(=O)(O)O. The van der Waals surface area contributed by atoms with Gasteiger partial charge in [-0.15, -0.1) is 0 Å². The summed E-state index contributed by atoms with van der Waals surface area (Å²) >= 11 is 0. The van der Waals surface area contributed by atoms with Crippen molar-refractivity contribution in [1.29, 1.82) is 0 Å². The molecule has 14 heavy (non-hydrogen) atoms. The smallest absolute Gasteiger partial charge is 0.315 e. The Bertz CT molecular complexity index is 255. The van der Waals surface area contributed by atoms with Crippen LogP contribution in [-0.4, -0.2) is 43.7 Å². The van der Waals surface area contributed by atoms with E-state index in [9.17, 15) is 0 Å². The minimum atomic E-state index is -4.67. The Morgan fingerprint density at radius 1 is 1.00 bits per heavy atom. The molecule has 0 radical (unpaired) electrons. The zero-order valence-corrected chi connectivity index (χ0v) is 8.68. The van der Waals surface area contributed by atoms with E-state index in [2.05, 4.69) is 10.6 Å². The van der Waals surface area contributed by atoms with E-state index in [1.165, 1.54) is 25.9 Å². The number of hydrogen-bond acceptors (Lipinski definition) is 4. The monoisotopic (exact) mass is 224 g/mol. The third-order valence-electron chi connectivity index (χ3n) is 2.44. The summed E-state index contributed by atoms with van der Waals surface area (Å²) in [5, 5.41) is 6.88. The second-order valence-electron chi connectivity index (χ2n) is 3.80. The fraction of sp³-hybridized carbons (Fsp3) is 1.00. The minimum absolute atomic E-state index is 0.691. The van der Waals surface area contributed by atoms with Crippen molar-refractivity contribution in [3.8, 4) is 0 Å². The van der Waals surface area contributed by atoms with Crippen LogP contribution in [-0.2, 0) is 10.4 Å². The van der Waals surface area contributed by atoms with E-state index in [0.717, 1.165) is 13.1 Å². The molecule has 1 aliphatic heterocycles. The summed E-state index contributed by atoms with van der Waals surface area (Å²) < 4.78 is 31.6. The maximum atomic E-state index is 8.74. The van der Waals surface area contributed by atoms with E-state index in [4.69, 9.17) is 17.5 Å². The highest BCUT2D eigenvalue weighted by Crippen LogP contribution is 2.44. The average Bonchev–Trinajstić information content (AvgIpc) is 2.78. The standard InChI is InChI=1S/C7H14N2.H2O4S/c1-2-7(1)5-8-3-4-9-6-7;1-5(2,3)4/h8-9H,1-6H2;(H2,1,2,3,4). The lowest BCUT2D eigenvalue weighted by Gasteiger charge is -2.09. The maximum absolute atomic E-state index is 8.74. The predicted molar refractivity (Wildman–Crippen MR) is 51.6 cm³/mol. The van der Waals surface area contributed by atoms with Crippen LogP contribution in [0.1, 0.15) is 12.8 Å². The summed E-state index contributed by atoms with van der Waals surface area (Å²) in [6.45, 7) is 4.81. The van der Waals surface area contributed by atoms with E-state index < -0.39 is 10.4 Å². The molecule has 1 heterocycles. The molecule has 0 aromatic carbocycles. The Kier molecular flexibility index (Phi) is 3.85. The Morgan fingerprint density at radius 3 is 1.64 bits per heavy atom. The molecule has 0 bridgehead atoms. The molecule has 2 rings (SSSR count). The van der Waals surface area contributed by atoms with Gasteiger partial charge in [0.05, 0.1) is 0 Å². The van der Waals surface area contributed by atoms with Gasteiger partial charge in [-0.2, -0.15) is 8.42 Å². The molecule has 0 atom stereocenters. The van der Waals surface area contributed by atoms with Crippen molar-refractivity contribution in [3.05, 3.63) is 0 Å². The van der Waals surface area contributed by atoms with Crippen LogP contribution in [0.15, 0.2) is 0 Å². The lowest BCUT2D eigenvalue weighted by molar-refractivity contribution is 0.381. The van der Waals surface area contributed by atoms with Crippen LogP contribution < -0.4 is 10.6 Å². The Hall–Kier alpha value is -0.210. The van der Waals surface area contributed by atoms with E-state index in [0.29, 0.717) is 5.41 Å². The van der Waals surface area contributed by atoms with Gasteiger partial charge in [-0.05, 0) is 18.3 Å². The minimum Gasteiger partial charge on any atom is -0.315 e. The molecule has 0 amide bonds. The summed E-state index contributed by atoms with van der Waals surface area (Å²) in [4.78, 5) is 0. The number of hydrogen-bond donors (Lipinski definition) is 4. The molecule has 0 aromatic rings. The van der Waals surface area contributed by atoms with Crippen LogP contribution in [0.5, 0.6) is 0 Å². The Balaban J connectivity index is 0.000000171. The first-order valence-corrected chi connectivity index (χ1v) is 5.92. The normalized spacial score (nSPS) is 24.7. The van der Waals surface area contributed by atoms with Crippen LogP contribution in [0.4, 0.5) is 0 Å². The van der Waals surface area contributed by atoms with Crippen molar-refractivity contribution in [3.63, 3.8) is 0 Å². The van der Waals surface area contributed by atoms with Gasteiger partial charge < -0.3 is 10.6 Å². The highest BCUT2D eigenvalue weighted by Gasteiger charge is 2.42. The van der Waals surface area contributed by atoms with Crippen LogP contribution in [0.25, 0.3) is 0 Å². The summed E-state index contributed by atoms with van der Waals surface area (Å²) in [5.74, 6) is 0. The molecule has 1 aliphatic carbocycles. The molecule has 0 aromatic heterocycles. The molecule has 2 fully saturated rings. The van der Waals surface area contributed by atoms with Gasteiger partial charge >= 0.3 is 10.4 Å². The number of nitrogens with one attached hydrogen (secondary N) is 2. The molecule has 0 unspecified atom stereocenters. The lowest BCUT2D eigenvalue weighted by Crippen LogP contribution is -2.24. The highest BCUT2D eigenvalue weighted by molar-refractivity contribution is 7.79. The van der Waals surface area contributed by atoms with Gasteiger partial charge in [0, 0.05) is 26.2 Å². The van der Waals surface area contributed by atoms with Crippen molar-refractivity contribution < 1.29 is 17.5 Å². The summed E-state index contributed by atoms with van der Waals surface area (Å²) in [6, 6.07) is 0. The van der Waals surface area contributed by atoms with Gasteiger partial charge in [0.15, 0.2) is 0 Å². The van der Waals surface area contributed by atoms with E-state index in [-0.39, 0.29) is 0 Å². The van der Waals surface area contributed by atoms with Crippen molar-refractivity contribution in [2.45, 2.75) is 12.8 Å². The van der Waals surface area contributed by atoms with Crippen molar-refractivity contribution >= 4 is 10.4 Å². The summed E-state index contributed by atoms with van der Waals surface area (Å²) in [7, 11) is -4.67. The fourth-order valence-corrected chi connectivity index (χ4v) is 1.48. The van der Waals surface area contributed by atoms with Gasteiger partial charge in [0.2, 0.25) is 0 Å².